The maximum atomic E-state index is 12.1. The second kappa shape index (κ2) is 8.33. The zero-order valence-corrected chi connectivity index (χ0v) is 14.1. The van der Waals surface area contributed by atoms with E-state index in [4.69, 9.17) is 10.5 Å². The number of nitrogens with zero attached hydrogens (tertiary/aromatic N) is 1. The molecule has 0 saturated carbocycles. The minimum atomic E-state index is -0.718. The molecule has 6 heteroatoms. The molecule has 0 fully saturated rings. The van der Waals surface area contributed by atoms with E-state index in [0.29, 0.717) is 0 Å². The molecular weight excluding hydrogens is 294 g/mol. The minimum absolute atomic E-state index is 0.0823. The summed E-state index contributed by atoms with van der Waals surface area (Å²) in [6, 6.07) is 7.19. The Labute approximate surface area is 137 Å². The number of urea groups is 1. The Morgan fingerprint density at radius 1 is 1.30 bits per heavy atom. The Morgan fingerprint density at radius 3 is 2.52 bits per heavy atom. The van der Waals surface area contributed by atoms with E-state index in [1.807, 2.05) is 31.2 Å². The van der Waals surface area contributed by atoms with Gasteiger partial charge in [0.1, 0.15) is 5.60 Å². The number of nitrogens with one attached hydrogen (secondary N) is 1. The second-order valence-electron chi connectivity index (χ2n) is 6.06. The van der Waals surface area contributed by atoms with Crippen LogP contribution >= 0.6 is 0 Å². The second-order valence-corrected chi connectivity index (χ2v) is 6.06. The minimum Gasteiger partial charge on any atom is -0.443 e. The fourth-order valence-corrected chi connectivity index (χ4v) is 1.78. The fraction of sp³-hybridized carbons (Fsp3) is 0.412. The zero-order chi connectivity index (χ0) is 17.5. The first kappa shape index (κ1) is 18.7. The van der Waals surface area contributed by atoms with E-state index in [2.05, 4.69) is 5.32 Å². The van der Waals surface area contributed by atoms with Crippen LogP contribution in [0.1, 0.15) is 31.9 Å². The summed E-state index contributed by atoms with van der Waals surface area (Å²) in [7, 11) is 0. The summed E-state index contributed by atoms with van der Waals surface area (Å²) < 4.78 is 5.20. The SMILES string of the molecule is Cc1ccccc1/C=C/NC(=O)N(CCN)C(=O)OC(C)(C)C. The molecular formula is C17H25N3O3. The third-order valence-corrected chi connectivity index (χ3v) is 2.87. The van der Waals surface area contributed by atoms with Crippen LogP contribution in [-0.2, 0) is 4.74 Å². The first-order chi connectivity index (χ1) is 10.7. The molecule has 0 spiro atoms. The summed E-state index contributed by atoms with van der Waals surface area (Å²) in [5.41, 5.74) is 6.85. The van der Waals surface area contributed by atoms with Crippen molar-refractivity contribution in [1.29, 1.82) is 0 Å². The van der Waals surface area contributed by atoms with Crippen LogP contribution in [0.5, 0.6) is 0 Å². The van der Waals surface area contributed by atoms with Crippen molar-refractivity contribution in [2.24, 2.45) is 5.73 Å². The first-order valence-corrected chi connectivity index (χ1v) is 7.48. The number of nitrogens with two attached hydrogens (primary N) is 1. The molecule has 3 amide bonds. The van der Waals surface area contributed by atoms with Crippen molar-refractivity contribution in [3.8, 4) is 0 Å². The lowest BCUT2D eigenvalue weighted by Gasteiger charge is -2.25. The maximum Gasteiger partial charge on any atom is 0.418 e. The van der Waals surface area contributed by atoms with Gasteiger partial charge in [-0.1, -0.05) is 24.3 Å². The molecule has 0 aliphatic heterocycles. The van der Waals surface area contributed by atoms with Crippen LogP contribution in [0.2, 0.25) is 0 Å². The lowest BCUT2D eigenvalue weighted by Crippen LogP contribution is -2.46. The summed E-state index contributed by atoms with van der Waals surface area (Å²) in [6.07, 6.45) is 2.55. The number of benzene rings is 1. The maximum absolute atomic E-state index is 12.1. The van der Waals surface area contributed by atoms with Crippen LogP contribution in [-0.4, -0.2) is 35.7 Å². The monoisotopic (exact) mass is 319 g/mol. The third-order valence-electron chi connectivity index (χ3n) is 2.87. The van der Waals surface area contributed by atoms with Gasteiger partial charge in [-0.25, -0.2) is 14.5 Å². The van der Waals surface area contributed by atoms with Crippen LogP contribution in [0.25, 0.3) is 6.08 Å². The summed E-state index contributed by atoms with van der Waals surface area (Å²) in [5.74, 6) is 0. The lowest BCUT2D eigenvalue weighted by molar-refractivity contribution is 0.0328. The van der Waals surface area contributed by atoms with Gasteiger partial charge in [0, 0.05) is 19.3 Å². The predicted octanol–water partition coefficient (Wildman–Crippen LogP) is 2.87. The topological polar surface area (TPSA) is 84.7 Å². The molecule has 23 heavy (non-hydrogen) atoms. The highest BCUT2D eigenvalue weighted by molar-refractivity contribution is 5.91. The highest BCUT2D eigenvalue weighted by Crippen LogP contribution is 2.10. The molecule has 3 N–H and O–H groups in total. The molecule has 0 atom stereocenters. The third kappa shape index (κ3) is 6.52. The van der Waals surface area contributed by atoms with Crippen LogP contribution < -0.4 is 11.1 Å². The zero-order valence-electron chi connectivity index (χ0n) is 14.1. The van der Waals surface area contributed by atoms with Gasteiger partial charge < -0.3 is 15.8 Å². The van der Waals surface area contributed by atoms with Crippen molar-refractivity contribution < 1.29 is 14.3 Å². The summed E-state index contributed by atoms with van der Waals surface area (Å²) in [6.45, 7) is 7.43. The van der Waals surface area contributed by atoms with E-state index in [0.717, 1.165) is 16.0 Å². The van der Waals surface area contributed by atoms with Crippen LogP contribution in [0.4, 0.5) is 9.59 Å². The molecule has 6 nitrogen and oxygen atoms in total. The molecule has 0 aliphatic rings. The van der Waals surface area contributed by atoms with Gasteiger partial charge in [-0.2, -0.15) is 0 Å². The van der Waals surface area contributed by atoms with Gasteiger partial charge in [-0.05, 0) is 44.9 Å². The molecule has 0 aliphatic carbocycles. The molecule has 1 aromatic rings. The van der Waals surface area contributed by atoms with Crippen molar-refractivity contribution in [3.63, 3.8) is 0 Å². The van der Waals surface area contributed by atoms with Gasteiger partial charge in [0.05, 0.1) is 0 Å². The molecule has 0 aromatic heterocycles. The summed E-state index contributed by atoms with van der Waals surface area (Å²) >= 11 is 0. The van der Waals surface area contributed by atoms with E-state index in [1.165, 1.54) is 6.20 Å². The van der Waals surface area contributed by atoms with E-state index in [-0.39, 0.29) is 13.1 Å². The normalized spacial score (nSPS) is 11.3. The first-order valence-electron chi connectivity index (χ1n) is 7.48. The van der Waals surface area contributed by atoms with Crippen molar-refractivity contribution in [3.05, 3.63) is 41.6 Å². The number of carbonyl (C=O) groups is 2. The predicted molar refractivity (Wildman–Crippen MR) is 90.7 cm³/mol. The largest absolute Gasteiger partial charge is 0.443 e. The average molecular weight is 319 g/mol. The Bertz CT molecular complexity index is 577. The van der Waals surface area contributed by atoms with Gasteiger partial charge >= 0.3 is 12.1 Å². The number of hydrogen-bond donors (Lipinski definition) is 2. The Hall–Kier alpha value is -2.34. The van der Waals surface area contributed by atoms with E-state index in [1.54, 1.807) is 26.8 Å². The van der Waals surface area contributed by atoms with Gasteiger partial charge in [0.25, 0.3) is 0 Å². The van der Waals surface area contributed by atoms with E-state index in [9.17, 15) is 9.59 Å². The van der Waals surface area contributed by atoms with Gasteiger partial charge in [-0.3, -0.25) is 0 Å². The molecule has 1 rings (SSSR count). The number of aryl methyl sites for hydroxylation is 1. The average Bonchev–Trinajstić information content (AvgIpc) is 2.44. The standard InChI is InChI=1S/C17H25N3O3/c1-13-7-5-6-8-14(13)9-11-19-15(21)20(12-10-18)16(22)23-17(2,3)4/h5-9,11H,10,12,18H2,1-4H3,(H,19,21)/b11-9+. The van der Waals surface area contributed by atoms with E-state index < -0.39 is 17.7 Å². The summed E-state index contributed by atoms with van der Waals surface area (Å²) in [4.78, 5) is 25.1. The van der Waals surface area contributed by atoms with Gasteiger partial charge in [-0.15, -0.1) is 0 Å². The number of rotatable bonds is 4. The van der Waals surface area contributed by atoms with Crippen LogP contribution in [0.3, 0.4) is 0 Å². The van der Waals surface area contributed by atoms with Crippen molar-refractivity contribution in [1.82, 2.24) is 10.2 Å². The van der Waals surface area contributed by atoms with Gasteiger partial charge in [0.15, 0.2) is 0 Å². The molecule has 0 bridgehead atoms. The fourth-order valence-electron chi connectivity index (χ4n) is 1.78. The molecule has 0 radical (unpaired) electrons. The lowest BCUT2D eigenvalue weighted by atomic mass is 10.1. The Balaban J connectivity index is 2.71. The van der Waals surface area contributed by atoms with Crippen molar-refractivity contribution >= 4 is 18.2 Å². The quantitative estimate of drug-likeness (QED) is 0.893. The molecule has 0 saturated heterocycles. The van der Waals surface area contributed by atoms with E-state index >= 15 is 0 Å². The molecule has 1 aromatic carbocycles. The number of carbonyl (C=O) groups excluding carboxylic acids is 2. The highest BCUT2D eigenvalue weighted by atomic mass is 16.6. The Morgan fingerprint density at radius 2 is 1.96 bits per heavy atom. The number of imide groups is 1. The van der Waals surface area contributed by atoms with Crippen LogP contribution in [0.15, 0.2) is 30.5 Å². The number of amides is 3. The summed E-state index contributed by atoms with van der Waals surface area (Å²) in [5, 5.41) is 2.56. The smallest absolute Gasteiger partial charge is 0.418 e. The molecule has 0 unspecified atom stereocenters. The molecule has 126 valence electrons. The van der Waals surface area contributed by atoms with Crippen LogP contribution in [0, 0.1) is 6.92 Å². The highest BCUT2D eigenvalue weighted by Gasteiger charge is 2.26. The number of ether oxygens (including phenoxy) is 1. The number of hydrogen-bond acceptors (Lipinski definition) is 4. The van der Waals surface area contributed by atoms with Crippen molar-refractivity contribution in [2.45, 2.75) is 33.3 Å². The van der Waals surface area contributed by atoms with Gasteiger partial charge in [0.2, 0.25) is 0 Å². The Kier molecular flexibility index (Phi) is 6.78. The van der Waals surface area contributed by atoms with Crippen molar-refractivity contribution in [2.75, 3.05) is 13.1 Å². The molecule has 0 heterocycles.